The molecule has 0 spiro atoms. The molecule has 0 aliphatic rings. The normalized spacial score (nSPS) is 10.8. The van der Waals surface area contributed by atoms with Crippen molar-refractivity contribution in [1.29, 1.82) is 0 Å². The molecule has 0 saturated heterocycles. The maximum Gasteiger partial charge on any atom is 0.0603 e. The smallest absolute Gasteiger partial charge is 0.0603 e. The number of hydrogen-bond acceptors (Lipinski definition) is 2. The number of nitrogens with one attached hydrogen (secondary N) is 1. The van der Waals surface area contributed by atoms with Gasteiger partial charge in [0.05, 0.1) is 10.0 Å². The van der Waals surface area contributed by atoms with Crippen molar-refractivity contribution in [2.75, 3.05) is 18.8 Å². The molecule has 1 rings (SSSR count). The number of hydrogen-bond donors (Lipinski definition) is 1. The summed E-state index contributed by atoms with van der Waals surface area (Å²) in [4.78, 5) is 1.18. The zero-order valence-corrected chi connectivity index (χ0v) is 13.2. The van der Waals surface area contributed by atoms with Crippen molar-refractivity contribution in [1.82, 2.24) is 5.32 Å². The minimum atomic E-state index is 0.620. The Hall–Kier alpha value is 0.110. The lowest BCUT2D eigenvalue weighted by molar-refractivity contribution is 0.613. The topological polar surface area (TPSA) is 12.0 Å². The fraction of sp³-hybridized carbons (Fsp3) is 0.571. The molecule has 0 heterocycles. The van der Waals surface area contributed by atoms with Crippen LogP contribution in [0.1, 0.15) is 32.6 Å². The summed E-state index contributed by atoms with van der Waals surface area (Å²) in [5.74, 6) is 1.06. The van der Waals surface area contributed by atoms with Gasteiger partial charge >= 0.3 is 0 Å². The number of thioether (sulfide) groups is 1. The van der Waals surface area contributed by atoms with Crippen LogP contribution in [0.25, 0.3) is 0 Å². The largest absolute Gasteiger partial charge is 0.316 e. The molecule has 0 aromatic heterocycles. The van der Waals surface area contributed by atoms with E-state index >= 15 is 0 Å². The molecule has 1 nitrogen and oxygen atoms in total. The van der Waals surface area contributed by atoms with Crippen LogP contribution in [-0.2, 0) is 0 Å². The molecule has 0 fully saturated rings. The molecule has 0 radical (unpaired) electrons. The van der Waals surface area contributed by atoms with Crippen molar-refractivity contribution < 1.29 is 0 Å². The van der Waals surface area contributed by atoms with E-state index in [0.29, 0.717) is 10.0 Å². The van der Waals surface area contributed by atoms with Crippen LogP contribution in [0.5, 0.6) is 0 Å². The van der Waals surface area contributed by atoms with Crippen molar-refractivity contribution in [2.45, 2.75) is 37.5 Å². The lowest BCUT2D eigenvalue weighted by atomic mass is 10.2. The minimum absolute atomic E-state index is 0.620. The third-order valence-electron chi connectivity index (χ3n) is 2.65. The van der Waals surface area contributed by atoms with Gasteiger partial charge in [-0.05, 0) is 31.2 Å². The van der Waals surface area contributed by atoms with Gasteiger partial charge < -0.3 is 5.32 Å². The molecule has 1 N–H and O–H groups in total. The summed E-state index contributed by atoms with van der Waals surface area (Å²) in [6, 6.07) is 5.79. The second-order valence-corrected chi connectivity index (χ2v) is 6.22. The first-order chi connectivity index (χ1) is 8.74. The van der Waals surface area contributed by atoms with Crippen molar-refractivity contribution >= 4 is 35.0 Å². The lowest BCUT2D eigenvalue weighted by Crippen LogP contribution is -2.18. The summed E-state index contributed by atoms with van der Waals surface area (Å²) in [5, 5.41) is 4.71. The Morgan fingerprint density at radius 2 is 1.89 bits per heavy atom. The average molecular weight is 306 g/mol. The van der Waals surface area contributed by atoms with Gasteiger partial charge in [0.15, 0.2) is 0 Å². The van der Waals surface area contributed by atoms with Crippen LogP contribution in [0.4, 0.5) is 0 Å². The van der Waals surface area contributed by atoms with Gasteiger partial charge in [-0.3, -0.25) is 0 Å². The Morgan fingerprint density at radius 1 is 1.06 bits per heavy atom. The quantitative estimate of drug-likeness (QED) is 0.493. The highest BCUT2D eigenvalue weighted by atomic mass is 35.5. The molecular formula is C14H21Cl2NS. The molecule has 0 saturated carbocycles. The Balaban J connectivity index is 2.05. The van der Waals surface area contributed by atoms with Gasteiger partial charge in [-0.2, -0.15) is 0 Å². The molecule has 1 aromatic carbocycles. The molecule has 0 amide bonds. The monoisotopic (exact) mass is 305 g/mol. The van der Waals surface area contributed by atoms with Crippen molar-refractivity contribution in [3.05, 3.63) is 28.2 Å². The van der Waals surface area contributed by atoms with E-state index in [0.717, 1.165) is 18.8 Å². The van der Waals surface area contributed by atoms with Gasteiger partial charge in [0.2, 0.25) is 0 Å². The van der Waals surface area contributed by atoms with Crippen LogP contribution in [0.2, 0.25) is 10.0 Å². The van der Waals surface area contributed by atoms with E-state index in [1.165, 1.54) is 30.6 Å². The highest BCUT2D eigenvalue weighted by Gasteiger charge is 1.99. The summed E-state index contributed by atoms with van der Waals surface area (Å²) in [7, 11) is 0. The van der Waals surface area contributed by atoms with E-state index in [-0.39, 0.29) is 0 Å². The molecule has 0 unspecified atom stereocenters. The van der Waals surface area contributed by atoms with Gasteiger partial charge in [-0.25, -0.2) is 0 Å². The molecule has 1 aromatic rings. The van der Waals surface area contributed by atoms with E-state index in [1.807, 2.05) is 18.2 Å². The van der Waals surface area contributed by atoms with Crippen LogP contribution in [-0.4, -0.2) is 18.8 Å². The van der Waals surface area contributed by atoms with Gasteiger partial charge in [0.1, 0.15) is 0 Å². The maximum absolute atomic E-state index is 5.96. The van der Waals surface area contributed by atoms with Crippen molar-refractivity contribution in [3.63, 3.8) is 0 Å². The summed E-state index contributed by atoms with van der Waals surface area (Å²) in [6.07, 6.45) is 5.27. The third-order valence-corrected chi connectivity index (χ3v) is 4.38. The van der Waals surface area contributed by atoms with Crippen LogP contribution in [0.3, 0.4) is 0 Å². The number of benzene rings is 1. The SMILES string of the molecule is CCCCCCNCCSc1ccc(Cl)c(Cl)c1. The van der Waals surface area contributed by atoms with E-state index in [9.17, 15) is 0 Å². The van der Waals surface area contributed by atoms with Crippen LogP contribution < -0.4 is 5.32 Å². The second-order valence-electron chi connectivity index (χ2n) is 4.24. The summed E-state index contributed by atoms with van der Waals surface area (Å²) in [5.41, 5.74) is 0. The van der Waals surface area contributed by atoms with Gasteiger partial charge in [-0.15, -0.1) is 11.8 Å². The summed E-state index contributed by atoms with van der Waals surface area (Å²) < 4.78 is 0. The first-order valence-corrected chi connectivity index (χ1v) is 8.26. The van der Waals surface area contributed by atoms with E-state index < -0.39 is 0 Å². The van der Waals surface area contributed by atoms with E-state index in [1.54, 1.807) is 11.8 Å². The first-order valence-electron chi connectivity index (χ1n) is 6.52. The van der Waals surface area contributed by atoms with Gasteiger partial charge in [-0.1, -0.05) is 49.4 Å². The van der Waals surface area contributed by atoms with Crippen LogP contribution in [0, 0.1) is 0 Å². The molecule has 0 atom stereocenters. The Bertz CT molecular complexity index is 345. The standard InChI is InChI=1S/C14H21Cl2NS/c1-2-3-4-5-8-17-9-10-18-12-6-7-13(15)14(16)11-12/h6-7,11,17H,2-5,8-10H2,1H3. The van der Waals surface area contributed by atoms with Crippen LogP contribution >= 0.6 is 35.0 Å². The van der Waals surface area contributed by atoms with Crippen LogP contribution in [0.15, 0.2) is 23.1 Å². The molecular weight excluding hydrogens is 285 g/mol. The first kappa shape index (κ1) is 16.2. The lowest BCUT2D eigenvalue weighted by Gasteiger charge is -2.05. The molecule has 102 valence electrons. The average Bonchev–Trinajstić information content (AvgIpc) is 2.37. The third kappa shape index (κ3) is 6.89. The fourth-order valence-corrected chi connectivity index (χ4v) is 2.82. The number of rotatable bonds is 9. The van der Waals surface area contributed by atoms with E-state index in [2.05, 4.69) is 12.2 Å². The predicted octanol–water partition coefficient (Wildman–Crippen LogP) is 5.26. The van der Waals surface area contributed by atoms with Crippen molar-refractivity contribution in [2.24, 2.45) is 0 Å². The molecule has 18 heavy (non-hydrogen) atoms. The molecule has 0 aliphatic carbocycles. The Kier molecular flexibility index (Phi) is 8.95. The minimum Gasteiger partial charge on any atom is -0.316 e. The Labute approximate surface area is 125 Å². The zero-order chi connectivity index (χ0) is 13.2. The Morgan fingerprint density at radius 3 is 2.61 bits per heavy atom. The highest BCUT2D eigenvalue weighted by molar-refractivity contribution is 7.99. The molecule has 0 aliphatic heterocycles. The number of unbranched alkanes of at least 4 members (excludes halogenated alkanes) is 3. The second kappa shape index (κ2) is 9.96. The fourth-order valence-electron chi connectivity index (χ4n) is 1.61. The number of halogens is 2. The summed E-state index contributed by atoms with van der Waals surface area (Å²) >= 11 is 13.6. The maximum atomic E-state index is 5.96. The summed E-state index contributed by atoms with van der Waals surface area (Å²) in [6.45, 7) is 4.40. The van der Waals surface area contributed by atoms with Gasteiger partial charge in [0, 0.05) is 17.2 Å². The zero-order valence-electron chi connectivity index (χ0n) is 10.8. The highest BCUT2D eigenvalue weighted by Crippen LogP contribution is 2.27. The molecule has 0 bridgehead atoms. The predicted molar refractivity (Wildman–Crippen MR) is 84.2 cm³/mol. The molecule has 4 heteroatoms. The van der Waals surface area contributed by atoms with Crippen molar-refractivity contribution in [3.8, 4) is 0 Å². The van der Waals surface area contributed by atoms with Gasteiger partial charge in [0.25, 0.3) is 0 Å². The van der Waals surface area contributed by atoms with E-state index in [4.69, 9.17) is 23.2 Å².